The average molecular weight is 474 g/mol. The van der Waals surface area contributed by atoms with Crippen LogP contribution in [0.15, 0.2) is 24.3 Å². The number of para-hydroxylation sites is 1. The van der Waals surface area contributed by atoms with Crippen molar-refractivity contribution in [2.75, 3.05) is 5.32 Å². The highest BCUT2D eigenvalue weighted by Crippen LogP contribution is 2.46. The molecule has 1 unspecified atom stereocenters. The first-order chi connectivity index (χ1) is 15.2. The molecule has 32 heavy (non-hydrogen) atoms. The molecule has 0 radical (unpaired) electrons. The van der Waals surface area contributed by atoms with Crippen LogP contribution >= 0.6 is 22.7 Å². The van der Waals surface area contributed by atoms with Gasteiger partial charge in [-0.1, -0.05) is 26.0 Å². The Balaban J connectivity index is 0.00000141. The number of nitrogens with one attached hydrogen (secondary N) is 2. The fourth-order valence-corrected chi connectivity index (χ4v) is 6.12. The molecule has 1 aliphatic carbocycles. The van der Waals surface area contributed by atoms with Gasteiger partial charge in [-0.2, -0.15) is 0 Å². The third-order valence-electron chi connectivity index (χ3n) is 4.78. The third-order valence-corrected chi connectivity index (χ3v) is 7.01. The summed E-state index contributed by atoms with van der Waals surface area (Å²) in [4.78, 5) is 30.0. The Kier molecular flexibility index (Phi) is 7.56. The number of nitrogens with zero attached hydrogens (tertiary/aromatic N) is 1. The van der Waals surface area contributed by atoms with E-state index in [-0.39, 0.29) is 18.0 Å². The van der Waals surface area contributed by atoms with E-state index >= 15 is 0 Å². The number of rotatable bonds is 3. The maximum atomic E-state index is 12.2. The molecule has 1 aromatic carbocycles. The molecule has 0 fully saturated rings. The van der Waals surface area contributed by atoms with Crippen LogP contribution in [0, 0.1) is 0 Å². The van der Waals surface area contributed by atoms with Crippen molar-refractivity contribution in [2.24, 2.45) is 0 Å². The third kappa shape index (κ3) is 5.66. The number of ether oxygens (including phenoxy) is 1. The Bertz CT molecular complexity index is 1080. The lowest BCUT2D eigenvalue weighted by Crippen LogP contribution is -2.41. The zero-order valence-electron chi connectivity index (χ0n) is 19.5. The maximum Gasteiger partial charge on any atom is 0.407 e. The standard InChI is InChI=1S/C22H25N3O3S2.C2H6/c1-12(26)23-19-18(20-25-15-7-5-6-8-16(15)29-20)14-10-9-13(11-17(14)30-19)24-21(27)28-22(2,3)4;1-2/h5-8,13H,9-11H2,1-4H3,(H,23,26)(H,24,27);1-2H3. The number of carbonyl (C=O) groups is 2. The summed E-state index contributed by atoms with van der Waals surface area (Å²) in [7, 11) is 0. The van der Waals surface area contributed by atoms with Crippen molar-refractivity contribution >= 4 is 49.9 Å². The summed E-state index contributed by atoms with van der Waals surface area (Å²) in [5, 5.41) is 7.75. The van der Waals surface area contributed by atoms with Crippen LogP contribution in [-0.2, 0) is 22.4 Å². The van der Waals surface area contributed by atoms with Crippen molar-refractivity contribution in [3.05, 3.63) is 34.7 Å². The van der Waals surface area contributed by atoms with Gasteiger partial charge in [-0.15, -0.1) is 22.7 Å². The number of thiophene rings is 1. The number of aromatic nitrogens is 1. The van der Waals surface area contributed by atoms with Crippen molar-refractivity contribution in [1.29, 1.82) is 0 Å². The van der Waals surface area contributed by atoms with Crippen molar-refractivity contribution < 1.29 is 14.3 Å². The summed E-state index contributed by atoms with van der Waals surface area (Å²) in [6, 6.07) is 8.08. The van der Waals surface area contributed by atoms with E-state index < -0.39 is 5.60 Å². The predicted octanol–water partition coefficient (Wildman–Crippen LogP) is 6.39. The highest BCUT2D eigenvalue weighted by atomic mass is 32.1. The number of fused-ring (bicyclic) bond motifs is 2. The van der Waals surface area contributed by atoms with Crippen molar-refractivity contribution in [3.8, 4) is 10.6 Å². The van der Waals surface area contributed by atoms with E-state index in [2.05, 4.69) is 16.7 Å². The van der Waals surface area contributed by atoms with Crippen LogP contribution in [0.5, 0.6) is 0 Å². The smallest absolute Gasteiger partial charge is 0.407 e. The summed E-state index contributed by atoms with van der Waals surface area (Å²) < 4.78 is 6.53. The van der Waals surface area contributed by atoms with E-state index in [1.807, 2.05) is 52.8 Å². The Labute approximate surface area is 197 Å². The fourth-order valence-electron chi connectivity index (χ4n) is 3.64. The van der Waals surface area contributed by atoms with Crippen molar-refractivity contribution in [1.82, 2.24) is 10.3 Å². The minimum atomic E-state index is -0.522. The molecule has 4 rings (SSSR count). The zero-order valence-corrected chi connectivity index (χ0v) is 21.1. The van der Waals surface area contributed by atoms with Gasteiger partial charge < -0.3 is 15.4 Å². The summed E-state index contributed by atoms with van der Waals surface area (Å²) in [5.41, 5.74) is 2.70. The van der Waals surface area contributed by atoms with Crippen LogP contribution in [0.25, 0.3) is 20.8 Å². The first-order valence-corrected chi connectivity index (χ1v) is 12.6. The predicted molar refractivity (Wildman–Crippen MR) is 134 cm³/mol. The minimum Gasteiger partial charge on any atom is -0.444 e. The zero-order chi connectivity index (χ0) is 23.5. The average Bonchev–Trinajstić information content (AvgIpc) is 3.27. The molecule has 2 amide bonds. The molecule has 3 aromatic rings. The second kappa shape index (κ2) is 10.0. The lowest BCUT2D eigenvalue weighted by molar-refractivity contribution is -0.114. The minimum absolute atomic E-state index is 0.0133. The number of anilines is 1. The second-order valence-electron chi connectivity index (χ2n) is 8.46. The number of thiazole rings is 1. The summed E-state index contributed by atoms with van der Waals surface area (Å²) >= 11 is 3.22. The van der Waals surface area contributed by atoms with E-state index in [9.17, 15) is 9.59 Å². The first kappa shape index (κ1) is 24.2. The summed E-state index contributed by atoms with van der Waals surface area (Å²) in [6.45, 7) is 11.1. The molecule has 0 saturated carbocycles. The molecule has 0 spiro atoms. The van der Waals surface area contributed by atoms with Gasteiger partial charge in [0.05, 0.1) is 10.2 Å². The molecule has 8 heteroatoms. The molecule has 0 bridgehead atoms. The van der Waals surface area contributed by atoms with Gasteiger partial charge in [0, 0.05) is 29.8 Å². The number of alkyl carbamates (subject to hydrolysis) is 1. The first-order valence-electron chi connectivity index (χ1n) is 11.0. The van der Waals surface area contributed by atoms with Crippen LogP contribution in [-0.4, -0.2) is 28.6 Å². The van der Waals surface area contributed by atoms with Gasteiger partial charge in [0.15, 0.2) is 0 Å². The molecule has 0 saturated heterocycles. The Morgan fingerprint density at radius 3 is 2.53 bits per heavy atom. The van der Waals surface area contributed by atoms with Crippen molar-refractivity contribution in [3.63, 3.8) is 0 Å². The van der Waals surface area contributed by atoms with Gasteiger partial charge in [0.2, 0.25) is 5.91 Å². The largest absolute Gasteiger partial charge is 0.444 e. The molecule has 1 atom stereocenters. The monoisotopic (exact) mass is 473 g/mol. The molecular formula is C24H31N3O3S2. The SMILES string of the molecule is CC.CC(=O)Nc1sc2c(c1-c1nc3ccccc3s1)CCC(NC(=O)OC(C)(C)C)C2. The molecule has 0 aliphatic heterocycles. The molecule has 172 valence electrons. The molecule has 2 N–H and O–H groups in total. The van der Waals surface area contributed by atoms with Gasteiger partial charge >= 0.3 is 6.09 Å². The van der Waals surface area contributed by atoms with Crippen LogP contribution in [0.3, 0.4) is 0 Å². The normalized spacial score (nSPS) is 15.4. The highest BCUT2D eigenvalue weighted by molar-refractivity contribution is 7.22. The number of benzene rings is 1. The summed E-state index contributed by atoms with van der Waals surface area (Å²) in [6.07, 6.45) is 1.97. The van der Waals surface area contributed by atoms with E-state index in [1.54, 1.807) is 22.7 Å². The topological polar surface area (TPSA) is 80.3 Å². The van der Waals surface area contributed by atoms with Crippen LogP contribution in [0.1, 0.15) is 58.4 Å². The van der Waals surface area contributed by atoms with Gasteiger partial charge in [0.25, 0.3) is 0 Å². The van der Waals surface area contributed by atoms with Crippen LogP contribution in [0.2, 0.25) is 0 Å². The van der Waals surface area contributed by atoms with Crippen LogP contribution in [0.4, 0.5) is 9.80 Å². The number of amides is 2. The molecule has 6 nitrogen and oxygen atoms in total. The van der Waals surface area contributed by atoms with E-state index in [4.69, 9.17) is 9.72 Å². The number of hydrogen-bond donors (Lipinski definition) is 2. The Hall–Kier alpha value is -2.45. The lowest BCUT2D eigenvalue weighted by atomic mass is 9.92. The molecule has 2 heterocycles. The Morgan fingerprint density at radius 1 is 1.16 bits per heavy atom. The van der Waals surface area contributed by atoms with E-state index in [1.165, 1.54) is 17.4 Å². The van der Waals surface area contributed by atoms with Crippen LogP contribution < -0.4 is 10.6 Å². The maximum absolute atomic E-state index is 12.2. The quantitative estimate of drug-likeness (QED) is 0.462. The molecule has 1 aliphatic rings. The van der Waals surface area contributed by atoms with Gasteiger partial charge in [-0.05, 0) is 51.3 Å². The Morgan fingerprint density at radius 2 is 1.88 bits per heavy atom. The highest BCUT2D eigenvalue weighted by Gasteiger charge is 2.30. The second-order valence-corrected chi connectivity index (χ2v) is 10.6. The molecular weight excluding hydrogens is 442 g/mol. The van der Waals surface area contributed by atoms with E-state index in [0.717, 1.165) is 45.1 Å². The fraction of sp³-hybridized carbons (Fsp3) is 0.458. The van der Waals surface area contributed by atoms with Gasteiger partial charge in [0.1, 0.15) is 15.6 Å². The number of hydrogen-bond acceptors (Lipinski definition) is 6. The summed E-state index contributed by atoms with van der Waals surface area (Å²) in [5.74, 6) is -0.0978. The van der Waals surface area contributed by atoms with Gasteiger partial charge in [-0.25, -0.2) is 9.78 Å². The molecule has 2 aromatic heterocycles. The van der Waals surface area contributed by atoms with E-state index in [0.29, 0.717) is 0 Å². The lowest BCUT2D eigenvalue weighted by Gasteiger charge is -2.26. The van der Waals surface area contributed by atoms with Gasteiger partial charge in [-0.3, -0.25) is 4.79 Å². The van der Waals surface area contributed by atoms with Crippen molar-refractivity contribution in [2.45, 2.75) is 72.4 Å². The number of carbonyl (C=O) groups excluding carboxylic acids is 2.